The molecule has 1 amide bonds. The first-order valence-electron chi connectivity index (χ1n) is 7.04. The lowest BCUT2D eigenvalue weighted by molar-refractivity contribution is -0.145. The van der Waals surface area contributed by atoms with Crippen LogP contribution >= 0.6 is 0 Å². The predicted molar refractivity (Wildman–Crippen MR) is 73.0 cm³/mol. The van der Waals surface area contributed by atoms with E-state index in [0.29, 0.717) is 19.3 Å². The first kappa shape index (κ1) is 14.6. The summed E-state index contributed by atoms with van der Waals surface area (Å²) in [7, 11) is 1.69. The summed E-state index contributed by atoms with van der Waals surface area (Å²) in [6.45, 7) is 2.83. The molecule has 0 saturated carbocycles. The first-order valence-corrected chi connectivity index (χ1v) is 7.04. The normalized spacial score (nSPS) is 23.7. The molecule has 2 unspecified atom stereocenters. The highest BCUT2D eigenvalue weighted by Crippen LogP contribution is 2.34. The number of carbonyl (C=O) groups excluding carboxylic acids is 1. The van der Waals surface area contributed by atoms with Crippen LogP contribution in [0.2, 0.25) is 0 Å². The number of likely N-dealkylation sites (tertiary alicyclic amines) is 1. The van der Waals surface area contributed by atoms with Crippen molar-refractivity contribution in [1.29, 1.82) is 0 Å². The van der Waals surface area contributed by atoms with E-state index >= 15 is 0 Å². The van der Waals surface area contributed by atoms with Gasteiger partial charge in [0.25, 0.3) is 0 Å². The second-order valence-corrected chi connectivity index (χ2v) is 5.30. The van der Waals surface area contributed by atoms with Crippen LogP contribution in [0.15, 0.2) is 12.5 Å². The maximum Gasteiger partial charge on any atom is 0.309 e. The van der Waals surface area contributed by atoms with Crippen molar-refractivity contribution >= 4 is 11.9 Å². The zero-order valence-corrected chi connectivity index (χ0v) is 12.0. The van der Waals surface area contributed by atoms with Crippen LogP contribution in [-0.4, -0.2) is 38.5 Å². The quantitative estimate of drug-likeness (QED) is 0.909. The lowest BCUT2D eigenvalue weighted by Gasteiger charge is -2.30. The van der Waals surface area contributed by atoms with Gasteiger partial charge < -0.3 is 14.6 Å². The number of aryl methyl sites for hydroxylation is 1. The van der Waals surface area contributed by atoms with Gasteiger partial charge in [0.2, 0.25) is 5.91 Å². The zero-order chi connectivity index (χ0) is 14.7. The molecule has 20 heavy (non-hydrogen) atoms. The van der Waals surface area contributed by atoms with E-state index < -0.39 is 17.9 Å². The van der Waals surface area contributed by atoms with Gasteiger partial charge in [-0.05, 0) is 19.3 Å². The summed E-state index contributed by atoms with van der Waals surface area (Å²) in [6.07, 6.45) is 5.89. The average molecular weight is 279 g/mol. The van der Waals surface area contributed by atoms with Crippen molar-refractivity contribution in [2.24, 2.45) is 5.92 Å². The molecule has 1 fully saturated rings. The van der Waals surface area contributed by atoms with E-state index in [2.05, 4.69) is 11.9 Å². The van der Waals surface area contributed by atoms with Crippen molar-refractivity contribution in [1.82, 2.24) is 14.5 Å². The smallest absolute Gasteiger partial charge is 0.309 e. The van der Waals surface area contributed by atoms with Gasteiger partial charge in [0.15, 0.2) is 0 Å². The monoisotopic (exact) mass is 279 g/mol. The summed E-state index contributed by atoms with van der Waals surface area (Å²) in [5.41, 5.74) is 0.817. The number of carboxylic acid groups (broad SMARTS) is 1. The molecule has 2 rings (SSSR count). The minimum Gasteiger partial charge on any atom is -0.481 e. The van der Waals surface area contributed by atoms with E-state index in [1.54, 1.807) is 24.5 Å². The summed E-state index contributed by atoms with van der Waals surface area (Å²) >= 11 is 0. The third kappa shape index (κ3) is 2.69. The van der Waals surface area contributed by atoms with Gasteiger partial charge in [0.1, 0.15) is 0 Å². The fraction of sp³-hybridized carbons (Fsp3) is 0.643. The number of carbonyl (C=O) groups is 2. The maximum atomic E-state index is 12.1. The van der Waals surface area contributed by atoms with E-state index in [1.807, 2.05) is 4.57 Å². The molecule has 110 valence electrons. The number of imidazole rings is 1. The highest BCUT2D eigenvalue weighted by atomic mass is 16.4. The molecule has 6 heteroatoms. The van der Waals surface area contributed by atoms with Gasteiger partial charge in [-0.3, -0.25) is 9.59 Å². The molecule has 1 aliphatic rings. The minimum absolute atomic E-state index is 0.00278. The lowest BCUT2D eigenvalue weighted by atomic mass is 9.92. The molecular weight excluding hydrogens is 258 g/mol. The van der Waals surface area contributed by atoms with Crippen LogP contribution in [0.4, 0.5) is 0 Å². The number of carboxylic acids is 1. The standard InChI is InChI=1S/C14H21N3O3/c1-3-7-17-9-15-8-11(17)13-10(14(19)20)5-4-6-12(18)16(13)2/h8-10,13H,3-7H2,1-2H3,(H,19,20). The van der Waals surface area contributed by atoms with E-state index in [1.165, 1.54) is 0 Å². The van der Waals surface area contributed by atoms with Gasteiger partial charge in [-0.15, -0.1) is 0 Å². The Bertz CT molecular complexity index is 498. The Morgan fingerprint density at radius 2 is 2.30 bits per heavy atom. The Morgan fingerprint density at radius 1 is 1.55 bits per heavy atom. The Balaban J connectivity index is 2.42. The third-order valence-corrected chi connectivity index (χ3v) is 3.93. The van der Waals surface area contributed by atoms with Crippen LogP contribution in [0.1, 0.15) is 44.3 Å². The number of hydrogen-bond acceptors (Lipinski definition) is 3. The molecule has 1 saturated heterocycles. The third-order valence-electron chi connectivity index (χ3n) is 3.93. The Labute approximate surface area is 118 Å². The van der Waals surface area contributed by atoms with Crippen molar-refractivity contribution in [2.75, 3.05) is 7.05 Å². The fourth-order valence-corrected chi connectivity index (χ4v) is 2.90. The van der Waals surface area contributed by atoms with Crippen LogP contribution in [0, 0.1) is 5.92 Å². The number of nitrogens with zero attached hydrogens (tertiary/aromatic N) is 3. The van der Waals surface area contributed by atoms with Gasteiger partial charge in [0.05, 0.1) is 30.2 Å². The number of amides is 1. The molecule has 0 radical (unpaired) electrons. The minimum atomic E-state index is -0.846. The second kappa shape index (κ2) is 6.07. The summed E-state index contributed by atoms with van der Waals surface area (Å²) in [4.78, 5) is 29.3. The van der Waals surface area contributed by atoms with Crippen molar-refractivity contribution in [2.45, 2.75) is 45.2 Å². The number of aromatic nitrogens is 2. The lowest BCUT2D eigenvalue weighted by Crippen LogP contribution is -2.37. The molecule has 1 aliphatic heterocycles. The molecule has 1 aromatic rings. The largest absolute Gasteiger partial charge is 0.481 e. The van der Waals surface area contributed by atoms with Crippen LogP contribution < -0.4 is 0 Å². The van der Waals surface area contributed by atoms with Crippen molar-refractivity contribution in [3.63, 3.8) is 0 Å². The van der Waals surface area contributed by atoms with Crippen molar-refractivity contribution in [3.8, 4) is 0 Å². The highest BCUT2D eigenvalue weighted by molar-refractivity contribution is 5.79. The van der Waals surface area contributed by atoms with E-state index in [9.17, 15) is 14.7 Å². The molecule has 1 aromatic heterocycles. The highest BCUT2D eigenvalue weighted by Gasteiger charge is 2.38. The average Bonchev–Trinajstić information content (AvgIpc) is 2.79. The van der Waals surface area contributed by atoms with E-state index in [4.69, 9.17) is 0 Å². The number of hydrogen-bond donors (Lipinski definition) is 1. The van der Waals surface area contributed by atoms with E-state index in [-0.39, 0.29) is 5.91 Å². The molecule has 2 heterocycles. The maximum absolute atomic E-state index is 12.1. The molecule has 0 spiro atoms. The summed E-state index contributed by atoms with van der Waals surface area (Å²) in [5, 5.41) is 9.49. The van der Waals surface area contributed by atoms with Crippen molar-refractivity contribution < 1.29 is 14.7 Å². The van der Waals surface area contributed by atoms with Gasteiger partial charge in [0, 0.05) is 20.0 Å². The summed E-state index contributed by atoms with van der Waals surface area (Å²) < 4.78 is 1.95. The van der Waals surface area contributed by atoms with Crippen LogP contribution in [0.3, 0.4) is 0 Å². The molecule has 6 nitrogen and oxygen atoms in total. The number of rotatable bonds is 4. The summed E-state index contributed by atoms with van der Waals surface area (Å²) in [6, 6.07) is -0.434. The molecule has 0 aliphatic carbocycles. The molecule has 1 N–H and O–H groups in total. The van der Waals surface area contributed by atoms with E-state index in [0.717, 1.165) is 18.7 Å². The van der Waals surface area contributed by atoms with Crippen molar-refractivity contribution in [3.05, 3.63) is 18.2 Å². The van der Waals surface area contributed by atoms with Crippen LogP contribution in [0.5, 0.6) is 0 Å². The van der Waals surface area contributed by atoms with Crippen LogP contribution in [0.25, 0.3) is 0 Å². The fourth-order valence-electron chi connectivity index (χ4n) is 2.90. The SMILES string of the molecule is CCCn1cncc1C1C(C(=O)O)CCCC(=O)N1C. The van der Waals surface area contributed by atoms with Gasteiger partial charge in [-0.1, -0.05) is 6.92 Å². The molecule has 2 atom stereocenters. The summed E-state index contributed by atoms with van der Waals surface area (Å²) in [5.74, 6) is -1.41. The van der Waals surface area contributed by atoms with Gasteiger partial charge >= 0.3 is 5.97 Å². The first-order chi connectivity index (χ1) is 9.56. The predicted octanol–water partition coefficient (Wildman–Crippen LogP) is 1.68. The molecule has 0 bridgehead atoms. The van der Waals surface area contributed by atoms with Crippen LogP contribution in [-0.2, 0) is 16.1 Å². The molecular formula is C14H21N3O3. The Hall–Kier alpha value is -1.85. The van der Waals surface area contributed by atoms with Gasteiger partial charge in [-0.2, -0.15) is 0 Å². The topological polar surface area (TPSA) is 75.4 Å². The molecule has 0 aromatic carbocycles. The second-order valence-electron chi connectivity index (χ2n) is 5.30. The zero-order valence-electron chi connectivity index (χ0n) is 12.0. The Morgan fingerprint density at radius 3 is 2.95 bits per heavy atom. The Kier molecular flexibility index (Phi) is 4.42. The number of aliphatic carboxylic acids is 1. The van der Waals surface area contributed by atoms with Gasteiger partial charge in [-0.25, -0.2) is 4.98 Å².